The van der Waals surface area contributed by atoms with Crippen molar-refractivity contribution in [1.29, 1.82) is 0 Å². The average Bonchev–Trinajstić information content (AvgIpc) is 2.52. The van der Waals surface area contributed by atoms with E-state index in [2.05, 4.69) is 0 Å². The monoisotopic (exact) mass is 314 g/mol. The van der Waals surface area contributed by atoms with Crippen LogP contribution >= 0.6 is 0 Å². The first-order valence-corrected chi connectivity index (χ1v) is 7.08. The number of phenols is 3. The number of aromatic hydroxyl groups is 3. The summed E-state index contributed by atoms with van der Waals surface area (Å²) in [7, 11) is 0. The van der Waals surface area contributed by atoms with Crippen LogP contribution in [0.25, 0.3) is 5.57 Å². The van der Waals surface area contributed by atoms with Crippen LogP contribution in [0.15, 0.2) is 30.0 Å². The van der Waals surface area contributed by atoms with Gasteiger partial charge in [-0.15, -0.1) is 0 Å². The molecule has 118 valence electrons. The highest BCUT2D eigenvalue weighted by molar-refractivity contribution is 5.82. The zero-order chi connectivity index (χ0) is 16.3. The minimum atomic E-state index is -0.986. The summed E-state index contributed by atoms with van der Waals surface area (Å²) in [5.74, 6) is 0.670. The van der Waals surface area contributed by atoms with Crippen molar-refractivity contribution in [2.75, 3.05) is 6.61 Å². The van der Waals surface area contributed by atoms with Crippen LogP contribution in [0.5, 0.6) is 28.7 Å². The second-order valence-corrected chi connectivity index (χ2v) is 5.60. The SMILES string of the molecule is Cc1c(O)ccc2c1OC1=C(c3cc(O)c(O)cc3OC1)C2O. The second kappa shape index (κ2) is 4.57. The van der Waals surface area contributed by atoms with Crippen molar-refractivity contribution in [1.82, 2.24) is 0 Å². The largest absolute Gasteiger partial charge is 0.508 e. The lowest BCUT2D eigenvalue weighted by Gasteiger charge is -2.32. The van der Waals surface area contributed by atoms with Crippen molar-refractivity contribution in [2.45, 2.75) is 13.0 Å². The van der Waals surface area contributed by atoms with Crippen LogP contribution in [-0.4, -0.2) is 27.0 Å². The predicted octanol–water partition coefficient (Wildman–Crippen LogP) is 2.34. The van der Waals surface area contributed by atoms with Crippen molar-refractivity contribution in [3.63, 3.8) is 0 Å². The van der Waals surface area contributed by atoms with E-state index >= 15 is 0 Å². The van der Waals surface area contributed by atoms with Gasteiger partial charge in [0.15, 0.2) is 11.5 Å². The maximum Gasteiger partial charge on any atom is 0.161 e. The van der Waals surface area contributed by atoms with Gasteiger partial charge in [-0.3, -0.25) is 0 Å². The number of ether oxygens (including phenoxy) is 2. The van der Waals surface area contributed by atoms with E-state index < -0.39 is 6.10 Å². The highest BCUT2D eigenvalue weighted by atomic mass is 16.5. The average molecular weight is 314 g/mol. The molecule has 2 aliphatic rings. The minimum Gasteiger partial charge on any atom is -0.508 e. The molecule has 0 fully saturated rings. The van der Waals surface area contributed by atoms with E-state index in [-0.39, 0.29) is 23.9 Å². The van der Waals surface area contributed by atoms with E-state index in [1.54, 1.807) is 13.0 Å². The summed E-state index contributed by atoms with van der Waals surface area (Å²) >= 11 is 0. The van der Waals surface area contributed by atoms with Gasteiger partial charge in [-0.2, -0.15) is 0 Å². The Labute approximate surface area is 131 Å². The Morgan fingerprint density at radius 2 is 1.78 bits per heavy atom. The smallest absolute Gasteiger partial charge is 0.161 e. The third kappa shape index (κ3) is 1.85. The lowest BCUT2D eigenvalue weighted by molar-refractivity contribution is 0.197. The fraction of sp³-hybridized carbons (Fsp3) is 0.176. The third-order valence-corrected chi connectivity index (χ3v) is 4.23. The third-order valence-electron chi connectivity index (χ3n) is 4.23. The Balaban J connectivity index is 1.92. The van der Waals surface area contributed by atoms with Gasteiger partial charge in [-0.05, 0) is 25.1 Å². The number of hydrogen-bond acceptors (Lipinski definition) is 6. The molecule has 2 heterocycles. The minimum absolute atomic E-state index is 0.0815. The second-order valence-electron chi connectivity index (χ2n) is 5.60. The van der Waals surface area contributed by atoms with Crippen LogP contribution in [0.4, 0.5) is 0 Å². The molecule has 0 aliphatic carbocycles. The van der Waals surface area contributed by atoms with Crippen molar-refractivity contribution in [3.8, 4) is 28.7 Å². The highest BCUT2D eigenvalue weighted by Crippen LogP contribution is 2.50. The van der Waals surface area contributed by atoms with E-state index in [4.69, 9.17) is 9.47 Å². The zero-order valence-electron chi connectivity index (χ0n) is 12.2. The Bertz CT molecular complexity index is 868. The topological polar surface area (TPSA) is 99.4 Å². The van der Waals surface area contributed by atoms with Crippen molar-refractivity contribution in [3.05, 3.63) is 46.7 Å². The number of rotatable bonds is 0. The first-order valence-electron chi connectivity index (χ1n) is 7.08. The summed E-state index contributed by atoms with van der Waals surface area (Å²) in [5, 5.41) is 39.9. The van der Waals surface area contributed by atoms with Gasteiger partial charge >= 0.3 is 0 Å². The molecular weight excluding hydrogens is 300 g/mol. The van der Waals surface area contributed by atoms with E-state index in [0.717, 1.165) is 0 Å². The first-order chi connectivity index (χ1) is 11.0. The first kappa shape index (κ1) is 13.8. The Morgan fingerprint density at radius 1 is 1.04 bits per heavy atom. The number of benzene rings is 2. The summed E-state index contributed by atoms with van der Waals surface area (Å²) in [4.78, 5) is 0. The highest BCUT2D eigenvalue weighted by Gasteiger charge is 2.35. The Morgan fingerprint density at radius 3 is 2.57 bits per heavy atom. The molecule has 23 heavy (non-hydrogen) atoms. The summed E-state index contributed by atoms with van der Waals surface area (Å²) in [6.07, 6.45) is -0.986. The van der Waals surface area contributed by atoms with Crippen LogP contribution in [0.1, 0.15) is 22.8 Å². The van der Waals surface area contributed by atoms with Gasteiger partial charge in [-0.1, -0.05) is 0 Å². The number of aliphatic hydroxyl groups excluding tert-OH is 1. The van der Waals surface area contributed by atoms with Crippen LogP contribution in [0, 0.1) is 6.92 Å². The molecule has 0 spiro atoms. The predicted molar refractivity (Wildman–Crippen MR) is 80.6 cm³/mol. The van der Waals surface area contributed by atoms with Gasteiger partial charge in [0.2, 0.25) is 0 Å². The number of hydrogen-bond donors (Lipinski definition) is 4. The van der Waals surface area contributed by atoms with Crippen LogP contribution in [0.2, 0.25) is 0 Å². The normalized spacial score (nSPS) is 18.4. The molecule has 2 aliphatic heterocycles. The molecule has 1 atom stereocenters. The molecule has 0 bridgehead atoms. The quantitative estimate of drug-likeness (QED) is 0.557. The van der Waals surface area contributed by atoms with E-state index in [0.29, 0.717) is 39.5 Å². The van der Waals surface area contributed by atoms with Gasteiger partial charge in [0.1, 0.15) is 35.7 Å². The Kier molecular flexibility index (Phi) is 2.74. The molecule has 6 nitrogen and oxygen atoms in total. The zero-order valence-corrected chi connectivity index (χ0v) is 12.2. The molecule has 0 saturated heterocycles. The molecule has 0 saturated carbocycles. The molecule has 0 aromatic heterocycles. The van der Waals surface area contributed by atoms with E-state index in [1.807, 2.05) is 0 Å². The fourth-order valence-electron chi connectivity index (χ4n) is 2.97. The molecule has 2 aromatic rings. The summed E-state index contributed by atoms with van der Waals surface area (Å²) in [6, 6.07) is 5.74. The maximum absolute atomic E-state index is 10.8. The van der Waals surface area contributed by atoms with Crippen molar-refractivity contribution >= 4 is 5.57 Å². The van der Waals surface area contributed by atoms with Crippen LogP contribution in [-0.2, 0) is 0 Å². The molecule has 4 N–H and O–H groups in total. The lowest BCUT2D eigenvalue weighted by Crippen LogP contribution is -2.23. The van der Waals surface area contributed by atoms with E-state index in [9.17, 15) is 20.4 Å². The van der Waals surface area contributed by atoms with Gasteiger partial charge in [-0.25, -0.2) is 0 Å². The standard InChI is InChI=1S/C17H14O6/c1-7-10(18)3-2-8-16(21)15-9-4-11(19)12(20)5-13(9)22-6-14(15)23-17(7)8/h2-5,16,18-21H,6H2,1H3. The van der Waals surface area contributed by atoms with Crippen LogP contribution in [0.3, 0.4) is 0 Å². The van der Waals surface area contributed by atoms with Gasteiger partial charge in [0, 0.05) is 28.3 Å². The maximum atomic E-state index is 10.8. The van der Waals surface area contributed by atoms with E-state index in [1.165, 1.54) is 18.2 Å². The molecule has 2 aromatic carbocycles. The molecule has 0 radical (unpaired) electrons. The van der Waals surface area contributed by atoms with Crippen molar-refractivity contribution in [2.24, 2.45) is 0 Å². The number of aliphatic hydroxyl groups is 1. The molecular formula is C17H14O6. The molecule has 4 rings (SSSR count). The molecule has 1 unspecified atom stereocenters. The summed E-state index contributed by atoms with van der Waals surface area (Å²) in [6.45, 7) is 1.78. The molecule has 0 amide bonds. The van der Waals surface area contributed by atoms with Crippen LogP contribution < -0.4 is 9.47 Å². The van der Waals surface area contributed by atoms with Crippen molar-refractivity contribution < 1.29 is 29.9 Å². The summed E-state index contributed by atoms with van der Waals surface area (Å²) < 4.78 is 11.4. The fourth-order valence-corrected chi connectivity index (χ4v) is 2.97. The molecule has 6 heteroatoms. The van der Waals surface area contributed by atoms with Gasteiger partial charge in [0.25, 0.3) is 0 Å². The Hall–Kier alpha value is -2.86. The number of phenolic OH excluding ortho intramolecular Hbond substituents is 3. The van der Waals surface area contributed by atoms with Gasteiger partial charge in [0.05, 0.1) is 0 Å². The summed E-state index contributed by atoms with van der Waals surface area (Å²) in [5.41, 5.74) is 2.01. The lowest BCUT2D eigenvalue weighted by atomic mass is 9.88. The van der Waals surface area contributed by atoms with Gasteiger partial charge < -0.3 is 29.9 Å². The number of fused-ring (bicyclic) bond motifs is 3.